The third-order valence-electron chi connectivity index (χ3n) is 21.0. The van der Waals surface area contributed by atoms with Gasteiger partial charge >= 0.3 is 0 Å². The standard InChI is InChI=1S/C50H30N4O.C31H21N.C14H7ClN2O.CH4S/c1-2-11-35(12-3-1)53-44-17-9-7-15-39(44)41-28-33(21-26-45(41)53)34-20-25-40-38-14-6-8-16-43(38)54(46(40)29-34)36-23-18-32(19-24-36)42-30-51-49-48-37-13-5-4-10-31(37)22-27-47(48)55-50(49)52-42;1-2-9-25(10-3-1)32-30-13-7-6-12-28(30)29-20-22(15-17-31(29)32)21-14-16-27-24(18-21)19-23-8-4-5-11-26(23)27;15-11-7-16-13-12-9-4-2-1-3-8(9)5-6-10(12)18-14(13)17-11;1-2/h1-30H;1-18,20H,19H2;1-7H;2H,1H3. The summed E-state index contributed by atoms with van der Waals surface area (Å²) in [6.45, 7) is 0. The molecule has 0 radical (unpaired) electrons. The summed E-state index contributed by atoms with van der Waals surface area (Å²) in [6, 6.07) is 117. The van der Waals surface area contributed by atoms with E-state index in [1.54, 1.807) is 12.5 Å². The van der Waals surface area contributed by atoms with Gasteiger partial charge in [-0.15, -0.1) is 0 Å². The Morgan fingerprint density at radius 2 is 0.720 bits per heavy atom. The zero-order valence-corrected chi connectivity index (χ0v) is 59.5. The van der Waals surface area contributed by atoms with Crippen LogP contribution in [0.3, 0.4) is 0 Å². The number of aromatic nitrogens is 7. The summed E-state index contributed by atoms with van der Waals surface area (Å²) in [5.74, 6) is 0. The Kier molecular flexibility index (Phi) is 15.4. The minimum Gasteiger partial charge on any atom is -0.436 e. The van der Waals surface area contributed by atoms with Gasteiger partial charge in [0.15, 0.2) is 5.15 Å². The van der Waals surface area contributed by atoms with E-state index in [9.17, 15) is 0 Å². The van der Waals surface area contributed by atoms with Crippen molar-refractivity contribution in [1.82, 2.24) is 33.6 Å². The van der Waals surface area contributed by atoms with Gasteiger partial charge in [0.05, 0.1) is 62.0 Å². The van der Waals surface area contributed by atoms with Crippen LogP contribution < -0.4 is 0 Å². The molecule has 7 aromatic heterocycles. The molecule has 0 N–H and O–H groups in total. The van der Waals surface area contributed by atoms with Crippen molar-refractivity contribution in [2.45, 2.75) is 6.42 Å². The Morgan fingerprint density at radius 1 is 0.308 bits per heavy atom. The van der Waals surface area contributed by atoms with Gasteiger partial charge in [-0.3, -0.25) is 0 Å². The van der Waals surface area contributed by atoms with E-state index in [1.807, 2.05) is 42.6 Å². The van der Waals surface area contributed by atoms with Crippen LogP contribution in [0.5, 0.6) is 0 Å². The molecule has 0 saturated carbocycles. The molecular formula is C96H62ClN7O2S. The topological polar surface area (TPSA) is 92.6 Å². The molecule has 22 aromatic rings. The van der Waals surface area contributed by atoms with Crippen LogP contribution in [-0.2, 0) is 6.42 Å². The summed E-state index contributed by atoms with van der Waals surface area (Å²) in [7, 11) is 0. The number of fused-ring (bicyclic) bond motifs is 22. The van der Waals surface area contributed by atoms with Crippen LogP contribution in [0.2, 0.25) is 5.15 Å². The predicted molar refractivity (Wildman–Crippen MR) is 448 cm³/mol. The van der Waals surface area contributed by atoms with Crippen molar-refractivity contribution in [3.05, 3.63) is 356 Å². The zero-order chi connectivity index (χ0) is 71.2. The van der Waals surface area contributed by atoms with Gasteiger partial charge in [-0.1, -0.05) is 242 Å². The number of rotatable bonds is 6. The summed E-state index contributed by atoms with van der Waals surface area (Å²) in [5, 5.41) is 14.4. The molecule has 11 heteroatoms. The number of furan rings is 2. The number of halogens is 1. The maximum absolute atomic E-state index is 6.24. The van der Waals surface area contributed by atoms with Crippen LogP contribution in [-0.4, -0.2) is 39.9 Å². The lowest BCUT2D eigenvalue weighted by Gasteiger charge is -2.11. The van der Waals surface area contributed by atoms with E-state index in [2.05, 4.69) is 327 Å². The second-order valence-corrected chi connectivity index (χ2v) is 27.3. The van der Waals surface area contributed by atoms with E-state index in [0.717, 1.165) is 89.1 Å². The average Bonchev–Trinajstić information content (AvgIpc) is 1.61. The molecule has 0 bridgehead atoms. The Labute approximate surface area is 624 Å². The summed E-state index contributed by atoms with van der Waals surface area (Å²) in [4.78, 5) is 18.3. The first-order valence-electron chi connectivity index (χ1n) is 35.7. The zero-order valence-electron chi connectivity index (χ0n) is 57.8. The van der Waals surface area contributed by atoms with Crippen molar-refractivity contribution < 1.29 is 8.83 Å². The molecule has 0 spiro atoms. The minimum atomic E-state index is 0.339. The van der Waals surface area contributed by atoms with Gasteiger partial charge in [0.2, 0.25) is 11.4 Å². The highest BCUT2D eigenvalue weighted by atomic mass is 35.5. The number of benzene rings is 15. The normalized spacial score (nSPS) is 11.8. The van der Waals surface area contributed by atoms with Crippen molar-refractivity contribution >= 4 is 156 Å². The van der Waals surface area contributed by atoms with E-state index < -0.39 is 0 Å². The summed E-state index contributed by atoms with van der Waals surface area (Å²) in [5.41, 5.74) is 27.1. The van der Waals surface area contributed by atoms with Gasteiger partial charge in [0.25, 0.3) is 0 Å². The maximum Gasteiger partial charge on any atom is 0.247 e. The Hall–Kier alpha value is -13.4. The highest BCUT2D eigenvalue weighted by Crippen LogP contribution is 2.44. The molecule has 1 aliphatic rings. The molecule has 0 aliphatic heterocycles. The highest BCUT2D eigenvalue weighted by Gasteiger charge is 2.22. The van der Waals surface area contributed by atoms with Gasteiger partial charge < -0.3 is 22.5 Å². The van der Waals surface area contributed by atoms with Crippen molar-refractivity contribution in [3.8, 4) is 61.7 Å². The molecule has 23 rings (SSSR count). The minimum absolute atomic E-state index is 0.339. The molecule has 0 atom stereocenters. The fourth-order valence-electron chi connectivity index (χ4n) is 16.3. The molecule has 0 saturated heterocycles. The Bertz CT molecular complexity index is 7280. The molecule has 107 heavy (non-hydrogen) atoms. The lowest BCUT2D eigenvalue weighted by Crippen LogP contribution is -1.95. The SMILES string of the molecule is CS.Clc1cnc2c(n1)oc1ccc3ccccc3c12.c1ccc(-n2c3ccccc3c3cc(-c4ccc5c(c4)Cc4ccccc4-5)ccc32)cc1.c1ccc(-n2c3ccccc3c3cc(-c4ccc5c6ccccc6n(-c6ccc(-c7cnc8c(n7)oc7ccc9ccccc9c78)cc6)c5c4)ccc32)cc1. The lowest BCUT2D eigenvalue weighted by molar-refractivity contribution is 0.653. The first-order chi connectivity index (χ1) is 53.0. The van der Waals surface area contributed by atoms with E-state index in [4.69, 9.17) is 30.4 Å². The summed E-state index contributed by atoms with van der Waals surface area (Å²) >= 11 is 9.36. The molecule has 1 aliphatic carbocycles. The number of para-hydroxylation sites is 5. The third kappa shape index (κ3) is 10.7. The molecular weight excluding hydrogens is 1350 g/mol. The first-order valence-corrected chi connectivity index (χ1v) is 37.0. The molecule has 0 fully saturated rings. The van der Waals surface area contributed by atoms with Crippen LogP contribution in [0.1, 0.15) is 11.1 Å². The molecule has 7 heterocycles. The van der Waals surface area contributed by atoms with E-state index >= 15 is 0 Å². The summed E-state index contributed by atoms with van der Waals surface area (Å²) < 4.78 is 19.0. The van der Waals surface area contributed by atoms with Crippen molar-refractivity contribution in [3.63, 3.8) is 0 Å². The Morgan fingerprint density at radius 3 is 1.31 bits per heavy atom. The number of thiol groups is 1. The molecule has 506 valence electrons. The van der Waals surface area contributed by atoms with E-state index in [1.165, 1.54) is 110 Å². The molecule has 0 amide bonds. The van der Waals surface area contributed by atoms with Gasteiger partial charge in [0, 0.05) is 54.9 Å². The van der Waals surface area contributed by atoms with E-state index in [0.29, 0.717) is 16.6 Å². The molecule has 15 aromatic carbocycles. The van der Waals surface area contributed by atoms with Gasteiger partial charge in [-0.05, 0) is 176 Å². The fourth-order valence-corrected chi connectivity index (χ4v) is 16.4. The largest absolute Gasteiger partial charge is 0.436 e. The number of nitrogens with zero attached hydrogens (tertiary/aromatic N) is 7. The second kappa shape index (κ2) is 26.1. The first kappa shape index (κ1) is 63.3. The molecule has 0 unspecified atom stereocenters. The van der Waals surface area contributed by atoms with Crippen molar-refractivity contribution in [2.75, 3.05) is 6.26 Å². The van der Waals surface area contributed by atoms with Gasteiger partial charge in [-0.2, -0.15) is 17.6 Å². The van der Waals surface area contributed by atoms with Crippen LogP contribution in [0.15, 0.2) is 349 Å². The quantitative estimate of drug-likeness (QED) is 0.167. The monoisotopic (exact) mass is 1410 g/mol. The number of hydrogen-bond donors (Lipinski definition) is 1. The van der Waals surface area contributed by atoms with E-state index in [-0.39, 0.29) is 0 Å². The maximum atomic E-state index is 6.24. The van der Waals surface area contributed by atoms with Crippen molar-refractivity contribution in [2.24, 2.45) is 0 Å². The fraction of sp³-hybridized carbons (Fsp3) is 0.0208. The third-order valence-corrected chi connectivity index (χ3v) is 21.2. The Balaban J connectivity index is 0.000000121. The highest BCUT2D eigenvalue weighted by molar-refractivity contribution is 7.79. The summed E-state index contributed by atoms with van der Waals surface area (Å²) in [6.07, 6.45) is 6.12. The predicted octanol–water partition coefficient (Wildman–Crippen LogP) is 25.8. The second-order valence-electron chi connectivity index (χ2n) is 27.0. The van der Waals surface area contributed by atoms with Crippen LogP contribution in [0.25, 0.3) is 193 Å². The smallest absolute Gasteiger partial charge is 0.247 e. The van der Waals surface area contributed by atoms with Crippen LogP contribution >= 0.6 is 24.2 Å². The average molecular weight is 1410 g/mol. The van der Waals surface area contributed by atoms with Gasteiger partial charge in [-0.25, -0.2) is 15.0 Å². The van der Waals surface area contributed by atoms with Crippen molar-refractivity contribution in [1.29, 1.82) is 0 Å². The van der Waals surface area contributed by atoms with Crippen LogP contribution in [0, 0.1) is 0 Å². The van der Waals surface area contributed by atoms with Crippen LogP contribution in [0.4, 0.5) is 0 Å². The molecule has 9 nitrogen and oxygen atoms in total. The number of hydrogen-bond acceptors (Lipinski definition) is 7. The van der Waals surface area contributed by atoms with Gasteiger partial charge in [0.1, 0.15) is 22.2 Å². The lowest BCUT2D eigenvalue weighted by atomic mass is 9.98.